The monoisotopic (exact) mass is 320 g/mol. The fraction of sp³-hybridized carbons (Fsp3) is 1.00. The van der Waals surface area contributed by atoms with Gasteiger partial charge >= 0.3 is 0 Å². The van der Waals surface area contributed by atoms with Crippen LogP contribution in [0, 0.1) is 0 Å². The molecule has 0 saturated carbocycles. The first-order valence-electron chi connectivity index (χ1n) is 8.43. The lowest BCUT2D eigenvalue weighted by Crippen LogP contribution is -2.57. The van der Waals surface area contributed by atoms with Gasteiger partial charge in [-0.05, 0) is 52.7 Å². The lowest BCUT2D eigenvalue weighted by Gasteiger charge is -2.44. The minimum atomic E-state index is -2.85. The van der Waals surface area contributed by atoms with Crippen molar-refractivity contribution in [2.24, 2.45) is 0 Å². The van der Waals surface area contributed by atoms with Gasteiger partial charge in [-0.2, -0.15) is 0 Å². The van der Waals surface area contributed by atoms with Gasteiger partial charge in [0, 0.05) is 17.3 Å². The Balaban J connectivity index is 4.78. The molecule has 0 saturated heterocycles. The Labute approximate surface area is 132 Å². The summed E-state index contributed by atoms with van der Waals surface area (Å²) in [6.45, 7) is 15.8. The van der Waals surface area contributed by atoms with Crippen LogP contribution in [0.15, 0.2) is 0 Å². The lowest BCUT2D eigenvalue weighted by atomic mass is 9.88. The van der Waals surface area contributed by atoms with Crippen molar-refractivity contribution in [2.45, 2.75) is 72.4 Å². The van der Waals surface area contributed by atoms with Crippen molar-refractivity contribution in [1.29, 1.82) is 0 Å². The van der Waals surface area contributed by atoms with Gasteiger partial charge in [0.15, 0.2) is 0 Å². The van der Waals surface area contributed by atoms with E-state index in [-0.39, 0.29) is 11.3 Å². The first kappa shape index (κ1) is 20.9. The summed E-state index contributed by atoms with van der Waals surface area (Å²) in [5.41, 5.74) is 0.0364. The second-order valence-corrected chi connectivity index (χ2v) is 8.68. The van der Waals surface area contributed by atoms with Crippen molar-refractivity contribution in [3.05, 3.63) is 0 Å². The maximum atomic E-state index is 11.7. The van der Waals surface area contributed by atoms with Crippen molar-refractivity contribution >= 4 is 9.84 Å². The van der Waals surface area contributed by atoms with Gasteiger partial charge in [0.2, 0.25) is 0 Å². The fourth-order valence-electron chi connectivity index (χ4n) is 2.93. The topological polar surface area (TPSA) is 49.4 Å². The normalized spacial score (nSPS) is 14.6. The Kier molecular flexibility index (Phi) is 9.74. The van der Waals surface area contributed by atoms with Crippen LogP contribution in [0.4, 0.5) is 0 Å². The summed E-state index contributed by atoms with van der Waals surface area (Å²) in [5.74, 6) is 0.557. The highest BCUT2D eigenvalue weighted by atomic mass is 32.2. The lowest BCUT2D eigenvalue weighted by molar-refractivity contribution is 0.0872. The number of nitrogens with zero attached hydrogens (tertiary/aromatic N) is 1. The van der Waals surface area contributed by atoms with Crippen molar-refractivity contribution < 1.29 is 8.42 Å². The van der Waals surface area contributed by atoms with Crippen molar-refractivity contribution in [1.82, 2.24) is 10.2 Å². The zero-order valence-electron chi connectivity index (χ0n) is 14.9. The summed E-state index contributed by atoms with van der Waals surface area (Å²) < 4.78 is 23.3. The molecule has 1 unspecified atom stereocenters. The van der Waals surface area contributed by atoms with Gasteiger partial charge < -0.3 is 5.32 Å². The Hall–Kier alpha value is -0.130. The number of nitrogens with one attached hydrogen (secondary N) is 1. The van der Waals surface area contributed by atoms with E-state index < -0.39 is 9.84 Å². The molecule has 0 fully saturated rings. The molecule has 4 nitrogen and oxygen atoms in total. The molecule has 0 heterocycles. The smallest absolute Gasteiger partial charge is 0.150 e. The third-order valence-corrected chi connectivity index (χ3v) is 6.25. The van der Waals surface area contributed by atoms with E-state index in [0.29, 0.717) is 11.8 Å². The second-order valence-electron chi connectivity index (χ2n) is 6.21. The van der Waals surface area contributed by atoms with Crippen molar-refractivity contribution in [3.63, 3.8) is 0 Å². The maximum Gasteiger partial charge on any atom is 0.150 e. The summed E-state index contributed by atoms with van der Waals surface area (Å²) in [6, 6.07) is 0.324. The summed E-state index contributed by atoms with van der Waals surface area (Å²) in [6.07, 6.45) is 2.74. The first-order valence-corrected chi connectivity index (χ1v) is 10.3. The molecule has 5 heteroatoms. The molecule has 128 valence electrons. The molecule has 0 aliphatic carbocycles. The Bertz CT molecular complexity index is 362. The molecule has 0 spiro atoms. The Morgan fingerprint density at radius 1 is 1.10 bits per heavy atom. The average Bonchev–Trinajstić information content (AvgIpc) is 2.43. The van der Waals surface area contributed by atoms with Gasteiger partial charge in [-0.3, -0.25) is 4.90 Å². The first-order chi connectivity index (χ1) is 9.75. The molecular weight excluding hydrogens is 284 g/mol. The van der Waals surface area contributed by atoms with Crippen LogP contribution in [0.3, 0.4) is 0 Å². The number of rotatable bonds is 12. The largest absolute Gasteiger partial charge is 0.312 e. The molecular formula is C16H36N2O2S. The minimum Gasteiger partial charge on any atom is -0.312 e. The van der Waals surface area contributed by atoms with Crippen LogP contribution < -0.4 is 5.32 Å². The zero-order chi connectivity index (χ0) is 16.5. The van der Waals surface area contributed by atoms with E-state index in [2.05, 4.69) is 44.8 Å². The molecule has 0 rings (SSSR count). The van der Waals surface area contributed by atoms with Crippen LogP contribution in [0.25, 0.3) is 0 Å². The quantitative estimate of drug-likeness (QED) is 0.601. The predicted octanol–water partition coefficient (Wildman–Crippen LogP) is 2.69. The van der Waals surface area contributed by atoms with Crippen molar-refractivity contribution in [3.8, 4) is 0 Å². The molecule has 0 amide bonds. The zero-order valence-corrected chi connectivity index (χ0v) is 15.7. The number of sulfone groups is 1. The van der Waals surface area contributed by atoms with E-state index in [4.69, 9.17) is 0 Å². The van der Waals surface area contributed by atoms with E-state index in [0.717, 1.165) is 38.9 Å². The highest BCUT2D eigenvalue weighted by Crippen LogP contribution is 2.22. The fourth-order valence-corrected chi connectivity index (χ4v) is 3.83. The predicted molar refractivity (Wildman–Crippen MR) is 92.6 cm³/mol. The van der Waals surface area contributed by atoms with E-state index in [9.17, 15) is 8.42 Å². The van der Waals surface area contributed by atoms with Crippen molar-refractivity contribution in [2.75, 3.05) is 31.1 Å². The van der Waals surface area contributed by atoms with Crippen LogP contribution in [-0.4, -0.2) is 56.0 Å². The minimum absolute atomic E-state index is 0.0364. The van der Waals surface area contributed by atoms with Crippen LogP contribution in [0.1, 0.15) is 60.8 Å². The standard InChI is InChI=1S/C16H36N2O2S/c1-7-13-17-15(12-11-14-21(19,20)10-4)16(5,6)18(8-2)9-3/h15,17H,7-14H2,1-6H3. The van der Waals surface area contributed by atoms with Gasteiger partial charge in [0.1, 0.15) is 9.84 Å². The van der Waals surface area contributed by atoms with Gasteiger partial charge in [-0.1, -0.05) is 27.7 Å². The molecule has 21 heavy (non-hydrogen) atoms. The summed E-state index contributed by atoms with van der Waals surface area (Å²) >= 11 is 0. The van der Waals surface area contributed by atoms with Gasteiger partial charge in [-0.15, -0.1) is 0 Å². The third-order valence-electron chi connectivity index (χ3n) is 4.46. The highest BCUT2D eigenvalue weighted by molar-refractivity contribution is 7.91. The summed E-state index contributed by atoms with van der Waals surface area (Å²) in [7, 11) is -2.85. The van der Waals surface area contributed by atoms with Crippen LogP contribution >= 0.6 is 0 Å². The molecule has 0 aliphatic rings. The molecule has 0 aliphatic heterocycles. The maximum absolute atomic E-state index is 11.7. The molecule has 0 aromatic rings. The molecule has 0 bridgehead atoms. The van der Waals surface area contributed by atoms with Crippen LogP contribution in [0.5, 0.6) is 0 Å². The van der Waals surface area contributed by atoms with E-state index in [1.54, 1.807) is 6.92 Å². The number of hydrogen-bond donors (Lipinski definition) is 1. The Morgan fingerprint density at radius 2 is 1.67 bits per heavy atom. The molecule has 0 aromatic carbocycles. The van der Waals surface area contributed by atoms with E-state index in [1.165, 1.54) is 0 Å². The van der Waals surface area contributed by atoms with Gasteiger partial charge in [0.25, 0.3) is 0 Å². The molecule has 1 N–H and O–H groups in total. The molecule has 0 aromatic heterocycles. The highest BCUT2D eigenvalue weighted by Gasteiger charge is 2.33. The number of hydrogen-bond acceptors (Lipinski definition) is 4. The van der Waals surface area contributed by atoms with Crippen LogP contribution in [-0.2, 0) is 9.84 Å². The van der Waals surface area contributed by atoms with E-state index >= 15 is 0 Å². The van der Waals surface area contributed by atoms with E-state index in [1.807, 2.05) is 0 Å². The van der Waals surface area contributed by atoms with Gasteiger partial charge in [0.05, 0.1) is 5.75 Å². The molecule has 1 atom stereocenters. The van der Waals surface area contributed by atoms with Gasteiger partial charge in [-0.25, -0.2) is 8.42 Å². The molecule has 0 radical (unpaired) electrons. The average molecular weight is 321 g/mol. The SMILES string of the molecule is CCCNC(CCCS(=O)(=O)CC)C(C)(C)N(CC)CC. The summed E-state index contributed by atoms with van der Waals surface area (Å²) in [5, 5.41) is 3.63. The number of likely N-dealkylation sites (N-methyl/N-ethyl adjacent to an activating group) is 1. The van der Waals surface area contributed by atoms with Crippen LogP contribution in [0.2, 0.25) is 0 Å². The second kappa shape index (κ2) is 9.80. The third kappa shape index (κ3) is 7.11. The summed E-state index contributed by atoms with van der Waals surface area (Å²) in [4.78, 5) is 2.45. The Morgan fingerprint density at radius 3 is 2.10 bits per heavy atom.